The maximum absolute atomic E-state index is 12.3. The lowest BCUT2D eigenvalue weighted by atomic mass is 10.1. The number of benzene rings is 1. The zero-order chi connectivity index (χ0) is 18.0. The van der Waals surface area contributed by atoms with Crippen molar-refractivity contribution >= 4 is 22.7 Å². The van der Waals surface area contributed by atoms with E-state index in [1.807, 2.05) is 55.9 Å². The van der Waals surface area contributed by atoms with Gasteiger partial charge in [0.25, 0.3) is 0 Å². The van der Waals surface area contributed by atoms with Gasteiger partial charge in [-0.25, -0.2) is 0 Å². The summed E-state index contributed by atoms with van der Waals surface area (Å²) in [4.78, 5) is 26.2. The third-order valence-electron chi connectivity index (χ3n) is 4.70. The summed E-state index contributed by atoms with van der Waals surface area (Å²) in [5.74, 6) is -0.196. The van der Waals surface area contributed by atoms with E-state index in [-0.39, 0.29) is 23.3 Å². The molecule has 3 rings (SSSR count). The van der Waals surface area contributed by atoms with E-state index < -0.39 is 0 Å². The summed E-state index contributed by atoms with van der Waals surface area (Å²) < 4.78 is 1.96. The van der Waals surface area contributed by atoms with E-state index in [9.17, 15) is 9.59 Å². The van der Waals surface area contributed by atoms with Gasteiger partial charge in [0, 0.05) is 37.0 Å². The van der Waals surface area contributed by atoms with Gasteiger partial charge in [0.15, 0.2) is 0 Å². The quantitative estimate of drug-likeness (QED) is 0.847. The Labute approximate surface area is 148 Å². The monoisotopic (exact) mass is 342 g/mol. The molecule has 1 saturated heterocycles. The van der Waals surface area contributed by atoms with Gasteiger partial charge < -0.3 is 10.2 Å². The van der Waals surface area contributed by atoms with Crippen LogP contribution in [0.15, 0.2) is 30.5 Å². The number of aryl methyl sites for hydroxylation is 1. The van der Waals surface area contributed by atoms with E-state index in [0.717, 1.165) is 23.9 Å². The molecular formula is C19H26N4O2. The summed E-state index contributed by atoms with van der Waals surface area (Å²) in [6, 6.07) is 8.09. The number of nitrogens with zero attached hydrogens (tertiary/aromatic N) is 3. The molecule has 0 bridgehead atoms. The molecule has 1 unspecified atom stereocenters. The summed E-state index contributed by atoms with van der Waals surface area (Å²) in [7, 11) is 0. The number of nitrogens with one attached hydrogen (secondary N) is 1. The molecule has 6 heteroatoms. The molecule has 1 atom stereocenters. The molecule has 1 N–H and O–H groups in total. The van der Waals surface area contributed by atoms with E-state index in [1.165, 1.54) is 0 Å². The summed E-state index contributed by atoms with van der Waals surface area (Å²) in [6.07, 6.45) is 2.98. The minimum Gasteiger partial charge on any atom is -0.356 e. The first-order chi connectivity index (χ1) is 11.9. The average molecular weight is 342 g/mol. The minimum absolute atomic E-state index is 0.0228. The van der Waals surface area contributed by atoms with Crippen molar-refractivity contribution in [3.63, 3.8) is 0 Å². The highest BCUT2D eigenvalue weighted by Crippen LogP contribution is 2.25. The molecule has 0 spiro atoms. The summed E-state index contributed by atoms with van der Waals surface area (Å²) >= 11 is 0. The topological polar surface area (TPSA) is 67.2 Å². The molecule has 1 fully saturated rings. The largest absolute Gasteiger partial charge is 0.356 e. The number of carbonyl (C=O) groups is 2. The predicted molar refractivity (Wildman–Crippen MR) is 96.9 cm³/mol. The maximum atomic E-state index is 12.3. The van der Waals surface area contributed by atoms with E-state index in [0.29, 0.717) is 19.5 Å². The first kappa shape index (κ1) is 17.5. The van der Waals surface area contributed by atoms with E-state index in [2.05, 4.69) is 10.4 Å². The Balaban J connectivity index is 1.46. The second-order valence-electron chi connectivity index (χ2n) is 7.65. The maximum Gasteiger partial charge on any atom is 0.225 e. The second-order valence-corrected chi connectivity index (χ2v) is 7.65. The lowest BCUT2D eigenvalue weighted by Crippen LogP contribution is -2.43. The van der Waals surface area contributed by atoms with Crippen molar-refractivity contribution in [1.29, 1.82) is 0 Å². The molecule has 1 aromatic carbocycles. The first-order valence-electron chi connectivity index (χ1n) is 8.85. The van der Waals surface area contributed by atoms with Crippen LogP contribution in [0, 0.1) is 5.92 Å². The van der Waals surface area contributed by atoms with Crippen LogP contribution in [0.25, 0.3) is 10.9 Å². The fraction of sp³-hybridized carbons (Fsp3) is 0.526. The van der Waals surface area contributed by atoms with Crippen molar-refractivity contribution in [3.05, 3.63) is 30.5 Å². The normalized spacial score (nSPS) is 18.1. The zero-order valence-electron chi connectivity index (χ0n) is 15.2. The highest BCUT2D eigenvalue weighted by molar-refractivity contribution is 5.89. The molecule has 25 heavy (non-hydrogen) atoms. The van der Waals surface area contributed by atoms with E-state index in [4.69, 9.17) is 0 Å². The highest BCUT2D eigenvalue weighted by atomic mass is 16.2. The number of rotatable bonds is 5. The first-order valence-corrected chi connectivity index (χ1v) is 8.85. The lowest BCUT2D eigenvalue weighted by Gasteiger charge is -2.31. The van der Waals surface area contributed by atoms with Gasteiger partial charge in [-0.2, -0.15) is 5.10 Å². The van der Waals surface area contributed by atoms with Gasteiger partial charge in [-0.3, -0.25) is 14.3 Å². The third kappa shape index (κ3) is 3.83. The fourth-order valence-corrected chi connectivity index (χ4v) is 3.32. The van der Waals surface area contributed by atoms with Crippen molar-refractivity contribution in [2.24, 2.45) is 5.92 Å². The van der Waals surface area contributed by atoms with Crippen molar-refractivity contribution < 1.29 is 9.59 Å². The molecule has 0 aliphatic carbocycles. The van der Waals surface area contributed by atoms with Crippen LogP contribution in [0.2, 0.25) is 0 Å². The zero-order valence-corrected chi connectivity index (χ0v) is 15.2. The molecule has 134 valence electrons. The Kier molecular flexibility index (Phi) is 4.79. The van der Waals surface area contributed by atoms with Gasteiger partial charge in [-0.05, 0) is 33.3 Å². The average Bonchev–Trinajstić information content (AvgIpc) is 3.15. The van der Waals surface area contributed by atoms with Gasteiger partial charge in [0.2, 0.25) is 11.8 Å². The number of carbonyl (C=O) groups excluding carboxylic acids is 2. The van der Waals surface area contributed by atoms with Crippen LogP contribution in [0.3, 0.4) is 0 Å². The van der Waals surface area contributed by atoms with Gasteiger partial charge in [-0.15, -0.1) is 0 Å². The SMILES string of the molecule is CC(C)(C)N1CC(C(=O)NCCCn2ncc3ccccc32)CC1=O. The third-order valence-corrected chi connectivity index (χ3v) is 4.70. The Hall–Kier alpha value is -2.37. The standard InChI is InChI=1S/C19H26N4O2/c1-19(2,3)22-13-15(11-17(22)24)18(25)20-9-6-10-23-16-8-5-4-7-14(16)12-21-23/h4-5,7-8,12,15H,6,9-11,13H2,1-3H3,(H,20,25). The van der Waals surface area contributed by atoms with Crippen LogP contribution >= 0.6 is 0 Å². The number of likely N-dealkylation sites (tertiary alicyclic amines) is 1. The Morgan fingerprint density at radius 3 is 2.80 bits per heavy atom. The van der Waals surface area contributed by atoms with Crippen molar-refractivity contribution in [2.45, 2.75) is 45.7 Å². The number of amides is 2. The number of fused-ring (bicyclic) bond motifs is 1. The Morgan fingerprint density at radius 1 is 1.32 bits per heavy atom. The van der Waals surface area contributed by atoms with Crippen LogP contribution in [-0.2, 0) is 16.1 Å². The van der Waals surface area contributed by atoms with E-state index >= 15 is 0 Å². The number of aromatic nitrogens is 2. The van der Waals surface area contributed by atoms with Gasteiger partial charge in [0.05, 0.1) is 17.6 Å². The van der Waals surface area contributed by atoms with Crippen LogP contribution in [0.1, 0.15) is 33.6 Å². The van der Waals surface area contributed by atoms with Gasteiger partial charge in [-0.1, -0.05) is 18.2 Å². The molecule has 1 aromatic heterocycles. The fourth-order valence-electron chi connectivity index (χ4n) is 3.32. The highest BCUT2D eigenvalue weighted by Gasteiger charge is 2.39. The van der Waals surface area contributed by atoms with Crippen LogP contribution in [0.4, 0.5) is 0 Å². The van der Waals surface area contributed by atoms with Crippen molar-refractivity contribution in [1.82, 2.24) is 20.0 Å². The Morgan fingerprint density at radius 2 is 2.08 bits per heavy atom. The molecule has 2 amide bonds. The van der Waals surface area contributed by atoms with Gasteiger partial charge in [0.1, 0.15) is 0 Å². The molecule has 6 nitrogen and oxygen atoms in total. The predicted octanol–water partition coefficient (Wildman–Crippen LogP) is 2.19. The van der Waals surface area contributed by atoms with E-state index in [1.54, 1.807) is 4.90 Å². The molecule has 0 radical (unpaired) electrons. The van der Waals surface area contributed by atoms with Crippen LogP contribution < -0.4 is 5.32 Å². The van der Waals surface area contributed by atoms with Gasteiger partial charge >= 0.3 is 0 Å². The van der Waals surface area contributed by atoms with Crippen molar-refractivity contribution in [3.8, 4) is 0 Å². The van der Waals surface area contributed by atoms with Crippen molar-refractivity contribution in [2.75, 3.05) is 13.1 Å². The lowest BCUT2D eigenvalue weighted by molar-refractivity contribution is -0.132. The molecule has 2 aromatic rings. The number of hydrogen-bond donors (Lipinski definition) is 1. The molecule has 1 aliphatic heterocycles. The summed E-state index contributed by atoms with van der Waals surface area (Å²) in [5.41, 5.74) is 0.879. The summed E-state index contributed by atoms with van der Waals surface area (Å²) in [5, 5.41) is 8.48. The minimum atomic E-state index is -0.239. The molecular weight excluding hydrogens is 316 g/mol. The number of hydrogen-bond acceptors (Lipinski definition) is 3. The number of para-hydroxylation sites is 1. The molecule has 2 heterocycles. The Bertz CT molecular complexity index is 775. The molecule has 1 aliphatic rings. The smallest absolute Gasteiger partial charge is 0.225 e. The van der Waals surface area contributed by atoms with Crippen LogP contribution in [-0.4, -0.2) is 45.1 Å². The summed E-state index contributed by atoms with van der Waals surface area (Å²) in [6.45, 7) is 7.86. The van der Waals surface area contributed by atoms with Crippen LogP contribution in [0.5, 0.6) is 0 Å². The molecule has 0 saturated carbocycles. The second kappa shape index (κ2) is 6.86.